The lowest BCUT2D eigenvalue weighted by molar-refractivity contribution is 0.477. The maximum atomic E-state index is 6.28. The van der Waals surface area contributed by atoms with E-state index in [-0.39, 0.29) is 5.41 Å². The second kappa shape index (κ2) is 7.92. The van der Waals surface area contributed by atoms with Gasteiger partial charge in [0.1, 0.15) is 0 Å². The summed E-state index contributed by atoms with van der Waals surface area (Å²) in [6.45, 7) is 4.68. The second-order valence-corrected chi connectivity index (χ2v) is 11.5. The molecule has 0 bridgehead atoms. The molecule has 1 aliphatic carbocycles. The third-order valence-electron chi connectivity index (χ3n) is 8.91. The molecule has 0 N–H and O–H groups in total. The Morgan fingerprint density at radius 2 is 1.17 bits per heavy atom. The third-order valence-corrected chi connectivity index (χ3v) is 8.91. The topological polar surface area (TPSA) is 38.2 Å². The largest absolute Gasteiger partial charge is 0.453 e. The highest BCUT2D eigenvalue weighted by molar-refractivity contribution is 6.24. The van der Waals surface area contributed by atoms with E-state index < -0.39 is 0 Å². The van der Waals surface area contributed by atoms with E-state index in [4.69, 9.17) is 14.7 Å². The van der Waals surface area contributed by atoms with E-state index in [1.807, 2.05) is 24.3 Å². The summed E-state index contributed by atoms with van der Waals surface area (Å²) < 4.78 is 6.28. The van der Waals surface area contributed by atoms with Gasteiger partial charge < -0.3 is 9.64 Å². The molecular weight excluding hydrogens is 502 g/mol. The highest BCUT2D eigenvalue weighted by Gasteiger charge is 2.37. The van der Waals surface area contributed by atoms with Crippen LogP contribution in [-0.2, 0) is 5.41 Å². The maximum Gasteiger partial charge on any atom is 0.151 e. The monoisotopic (exact) mass is 527 g/mol. The van der Waals surface area contributed by atoms with Gasteiger partial charge in [-0.25, -0.2) is 0 Å². The van der Waals surface area contributed by atoms with Crippen LogP contribution in [0.1, 0.15) is 25.0 Å². The molecule has 6 aromatic carbocycles. The fourth-order valence-electron chi connectivity index (χ4n) is 6.98. The van der Waals surface area contributed by atoms with Gasteiger partial charge in [0, 0.05) is 34.3 Å². The van der Waals surface area contributed by atoms with Crippen molar-refractivity contribution in [3.63, 3.8) is 0 Å². The zero-order valence-electron chi connectivity index (χ0n) is 22.7. The van der Waals surface area contributed by atoms with Crippen LogP contribution < -0.4 is 9.64 Å². The molecule has 7 aromatic rings. The third kappa shape index (κ3) is 2.99. The van der Waals surface area contributed by atoms with Gasteiger partial charge in [0.05, 0.1) is 22.4 Å². The van der Waals surface area contributed by atoms with E-state index >= 15 is 0 Å². The molecule has 0 unspecified atom stereocenters. The number of rotatable bonds is 1. The van der Waals surface area contributed by atoms with Gasteiger partial charge in [-0.15, -0.1) is 0 Å². The molecule has 1 aromatic heterocycles. The van der Waals surface area contributed by atoms with E-state index in [0.29, 0.717) is 0 Å². The highest BCUT2D eigenvalue weighted by atomic mass is 16.5. The highest BCUT2D eigenvalue weighted by Crippen LogP contribution is 2.55. The fraction of sp³-hybridized carbons (Fsp3) is 0.0811. The molecule has 2 heterocycles. The Kier molecular flexibility index (Phi) is 4.36. The SMILES string of the molecule is CC1(C)c2ccc(N3c4ccccc4Oc4ccccc43)cc2-c2cc3c(cc21)c1ccccc1c1nccnc31. The molecule has 0 amide bonds. The van der Waals surface area contributed by atoms with Crippen LogP contribution in [0.3, 0.4) is 0 Å². The Hall–Kier alpha value is -5.22. The zero-order chi connectivity index (χ0) is 27.3. The lowest BCUT2D eigenvalue weighted by atomic mass is 9.81. The predicted molar refractivity (Wildman–Crippen MR) is 167 cm³/mol. The number of hydrogen-bond acceptors (Lipinski definition) is 4. The first-order chi connectivity index (χ1) is 20.1. The van der Waals surface area contributed by atoms with Crippen LogP contribution in [0.25, 0.3) is 43.7 Å². The van der Waals surface area contributed by atoms with Crippen LogP contribution in [-0.4, -0.2) is 9.97 Å². The van der Waals surface area contributed by atoms with Crippen molar-refractivity contribution < 1.29 is 4.74 Å². The van der Waals surface area contributed by atoms with E-state index in [1.54, 1.807) is 12.4 Å². The van der Waals surface area contributed by atoms with Crippen LogP contribution in [0, 0.1) is 0 Å². The van der Waals surface area contributed by atoms with E-state index in [9.17, 15) is 0 Å². The van der Waals surface area contributed by atoms with Crippen molar-refractivity contribution in [3.8, 4) is 22.6 Å². The summed E-state index contributed by atoms with van der Waals surface area (Å²) in [6, 6.07) is 36.7. The number of ether oxygens (including phenoxy) is 1. The van der Waals surface area contributed by atoms with Gasteiger partial charge in [-0.2, -0.15) is 0 Å². The summed E-state index contributed by atoms with van der Waals surface area (Å²) in [6.07, 6.45) is 3.59. The average Bonchev–Trinajstić information content (AvgIpc) is 3.24. The molecule has 194 valence electrons. The van der Waals surface area contributed by atoms with E-state index in [0.717, 1.165) is 50.4 Å². The molecule has 0 saturated carbocycles. The molecule has 1 aliphatic heterocycles. The Labute approximate surface area is 237 Å². The number of fused-ring (bicyclic) bond motifs is 11. The summed E-state index contributed by atoms with van der Waals surface area (Å²) in [5.74, 6) is 1.71. The van der Waals surface area contributed by atoms with E-state index in [1.165, 1.54) is 33.0 Å². The Morgan fingerprint density at radius 1 is 0.561 bits per heavy atom. The van der Waals surface area contributed by atoms with Crippen LogP contribution in [0.4, 0.5) is 17.1 Å². The first kappa shape index (κ1) is 22.6. The quantitative estimate of drug-likeness (QED) is 0.199. The van der Waals surface area contributed by atoms with Crippen molar-refractivity contribution in [3.05, 3.63) is 127 Å². The summed E-state index contributed by atoms with van der Waals surface area (Å²) in [4.78, 5) is 11.9. The van der Waals surface area contributed by atoms with Crippen LogP contribution in [0.5, 0.6) is 11.5 Å². The summed E-state index contributed by atoms with van der Waals surface area (Å²) in [5.41, 5.74) is 10.1. The first-order valence-electron chi connectivity index (χ1n) is 14.0. The molecule has 0 saturated heterocycles. The van der Waals surface area contributed by atoms with Gasteiger partial charge in [-0.3, -0.25) is 9.97 Å². The maximum absolute atomic E-state index is 6.28. The predicted octanol–water partition coefficient (Wildman–Crippen LogP) is 9.82. The van der Waals surface area contributed by atoms with Gasteiger partial charge >= 0.3 is 0 Å². The van der Waals surface area contributed by atoms with E-state index in [2.05, 4.69) is 97.6 Å². The molecule has 0 spiro atoms. The summed E-state index contributed by atoms with van der Waals surface area (Å²) >= 11 is 0. The lowest BCUT2D eigenvalue weighted by Gasteiger charge is -2.33. The average molecular weight is 528 g/mol. The van der Waals surface area contributed by atoms with Gasteiger partial charge in [0.2, 0.25) is 0 Å². The van der Waals surface area contributed by atoms with Gasteiger partial charge in [0.15, 0.2) is 11.5 Å². The van der Waals surface area contributed by atoms with Crippen molar-refractivity contribution in [1.29, 1.82) is 0 Å². The van der Waals surface area contributed by atoms with Gasteiger partial charge in [-0.05, 0) is 81.6 Å². The molecule has 9 rings (SSSR count). The Bertz CT molecular complexity index is 2190. The molecule has 4 heteroatoms. The smallest absolute Gasteiger partial charge is 0.151 e. The van der Waals surface area contributed by atoms with Crippen LogP contribution in [0.15, 0.2) is 116 Å². The molecule has 4 nitrogen and oxygen atoms in total. The lowest BCUT2D eigenvalue weighted by Crippen LogP contribution is -2.17. The minimum absolute atomic E-state index is 0.142. The second-order valence-electron chi connectivity index (χ2n) is 11.5. The standard InChI is InChI=1S/C37H25N3O/c1-37(2)29-16-15-22(40-31-11-5-7-13-33(31)41-34-14-8-6-12-32(34)40)19-26(29)27-20-28-25(21-30(27)37)23-9-3-4-10-24(23)35-36(28)39-18-17-38-35/h3-21H,1-2H3. The van der Waals surface area contributed by atoms with Crippen molar-refractivity contribution in [1.82, 2.24) is 9.97 Å². The summed E-state index contributed by atoms with van der Waals surface area (Å²) in [7, 11) is 0. The number of para-hydroxylation sites is 4. The molecule has 2 aliphatic rings. The van der Waals surface area contributed by atoms with Crippen LogP contribution >= 0.6 is 0 Å². The van der Waals surface area contributed by atoms with Crippen molar-refractivity contribution in [2.75, 3.05) is 4.90 Å². The number of nitrogens with zero attached hydrogens (tertiary/aromatic N) is 3. The van der Waals surface area contributed by atoms with Gasteiger partial charge in [-0.1, -0.05) is 68.4 Å². The minimum Gasteiger partial charge on any atom is -0.453 e. The number of anilines is 3. The zero-order valence-corrected chi connectivity index (χ0v) is 22.7. The Morgan fingerprint density at radius 3 is 1.90 bits per heavy atom. The number of hydrogen-bond donors (Lipinski definition) is 0. The molecule has 0 radical (unpaired) electrons. The molecular formula is C37H25N3O. The molecule has 41 heavy (non-hydrogen) atoms. The normalized spacial score (nSPS) is 14.4. The number of aromatic nitrogens is 2. The van der Waals surface area contributed by atoms with Crippen molar-refractivity contribution >= 4 is 49.6 Å². The fourth-order valence-corrected chi connectivity index (χ4v) is 6.98. The van der Waals surface area contributed by atoms with Crippen molar-refractivity contribution in [2.45, 2.75) is 19.3 Å². The summed E-state index contributed by atoms with van der Waals surface area (Å²) in [5, 5.41) is 4.72. The first-order valence-corrected chi connectivity index (χ1v) is 14.0. The molecule has 0 atom stereocenters. The minimum atomic E-state index is -0.142. The van der Waals surface area contributed by atoms with Crippen molar-refractivity contribution in [2.24, 2.45) is 0 Å². The molecule has 0 fully saturated rings. The number of benzene rings is 6. The van der Waals surface area contributed by atoms with Crippen LogP contribution in [0.2, 0.25) is 0 Å². The Balaban J connectivity index is 1.33. The van der Waals surface area contributed by atoms with Gasteiger partial charge in [0.25, 0.3) is 0 Å².